The SMILES string of the molecule is CC(C)Oc1ccccc1/C=N\NS(=O)(=O)c1ccc(Br)cc1. The maximum Gasteiger partial charge on any atom is 0.276 e. The Hall–Kier alpha value is -1.86. The molecule has 0 aromatic heterocycles. The fraction of sp³-hybridized carbons (Fsp3) is 0.188. The third kappa shape index (κ3) is 5.07. The van der Waals surface area contributed by atoms with Crippen LogP contribution in [-0.4, -0.2) is 20.7 Å². The van der Waals surface area contributed by atoms with Gasteiger partial charge >= 0.3 is 0 Å². The van der Waals surface area contributed by atoms with Crippen molar-refractivity contribution < 1.29 is 13.2 Å². The molecule has 23 heavy (non-hydrogen) atoms. The molecule has 0 bridgehead atoms. The Bertz CT molecular complexity index is 787. The summed E-state index contributed by atoms with van der Waals surface area (Å²) in [6, 6.07) is 13.6. The van der Waals surface area contributed by atoms with Gasteiger partial charge in [-0.25, -0.2) is 4.83 Å². The highest BCUT2D eigenvalue weighted by molar-refractivity contribution is 9.10. The van der Waals surface area contributed by atoms with Gasteiger partial charge in [0.05, 0.1) is 17.2 Å². The van der Waals surface area contributed by atoms with Gasteiger partial charge in [-0.3, -0.25) is 0 Å². The maximum atomic E-state index is 12.1. The van der Waals surface area contributed by atoms with E-state index in [-0.39, 0.29) is 11.0 Å². The Morgan fingerprint density at radius 1 is 1.13 bits per heavy atom. The number of halogens is 1. The van der Waals surface area contributed by atoms with Crippen LogP contribution in [0, 0.1) is 0 Å². The van der Waals surface area contributed by atoms with Gasteiger partial charge in [-0.15, -0.1) is 0 Å². The lowest BCUT2D eigenvalue weighted by atomic mass is 10.2. The largest absolute Gasteiger partial charge is 0.490 e. The van der Waals surface area contributed by atoms with Gasteiger partial charge in [0, 0.05) is 10.0 Å². The van der Waals surface area contributed by atoms with Gasteiger partial charge in [0.25, 0.3) is 10.0 Å². The average molecular weight is 397 g/mol. The number of sulfonamides is 1. The third-order valence-corrected chi connectivity index (χ3v) is 4.55. The minimum Gasteiger partial charge on any atom is -0.490 e. The fourth-order valence-corrected chi connectivity index (χ4v) is 2.84. The summed E-state index contributed by atoms with van der Waals surface area (Å²) in [5.41, 5.74) is 0.694. The molecule has 7 heteroatoms. The quantitative estimate of drug-likeness (QED) is 0.599. The number of hydrogen-bond acceptors (Lipinski definition) is 4. The number of nitrogens with one attached hydrogen (secondary N) is 1. The average Bonchev–Trinajstić information content (AvgIpc) is 2.49. The van der Waals surface area contributed by atoms with Crippen LogP contribution in [0.25, 0.3) is 0 Å². The zero-order chi connectivity index (χ0) is 16.9. The second-order valence-corrected chi connectivity index (χ2v) is 7.59. The van der Waals surface area contributed by atoms with Gasteiger partial charge in [-0.05, 0) is 50.2 Å². The Balaban J connectivity index is 2.14. The summed E-state index contributed by atoms with van der Waals surface area (Å²) in [5, 5.41) is 3.83. The molecule has 2 aromatic carbocycles. The number of para-hydroxylation sites is 1. The van der Waals surface area contributed by atoms with Crippen molar-refractivity contribution in [2.75, 3.05) is 0 Å². The molecule has 0 spiro atoms. The Labute approximate surface area is 144 Å². The summed E-state index contributed by atoms with van der Waals surface area (Å²) in [7, 11) is -3.69. The van der Waals surface area contributed by atoms with E-state index in [9.17, 15) is 8.42 Å². The molecule has 0 heterocycles. The van der Waals surface area contributed by atoms with E-state index in [0.29, 0.717) is 11.3 Å². The van der Waals surface area contributed by atoms with Crippen LogP contribution >= 0.6 is 15.9 Å². The Kier molecular flexibility index (Phi) is 5.79. The third-order valence-electron chi connectivity index (χ3n) is 2.78. The number of hydrazone groups is 1. The summed E-state index contributed by atoms with van der Waals surface area (Å²) < 4.78 is 30.7. The molecule has 0 aliphatic heterocycles. The lowest BCUT2D eigenvalue weighted by Gasteiger charge is -2.11. The highest BCUT2D eigenvalue weighted by Crippen LogP contribution is 2.18. The molecule has 1 N–H and O–H groups in total. The molecule has 0 saturated carbocycles. The number of ether oxygens (including phenoxy) is 1. The standard InChI is InChI=1S/C16H17BrN2O3S/c1-12(2)22-16-6-4-3-5-13(16)11-18-19-23(20,21)15-9-7-14(17)8-10-15/h3-12,19H,1-2H3/b18-11-. The van der Waals surface area contributed by atoms with E-state index < -0.39 is 10.0 Å². The Morgan fingerprint density at radius 2 is 1.78 bits per heavy atom. The molecule has 0 aliphatic carbocycles. The number of rotatable bonds is 6. The van der Waals surface area contributed by atoms with Crippen molar-refractivity contribution in [3.05, 3.63) is 58.6 Å². The topological polar surface area (TPSA) is 67.8 Å². The lowest BCUT2D eigenvalue weighted by molar-refractivity contribution is 0.242. The van der Waals surface area contributed by atoms with Gasteiger partial charge in [0.15, 0.2) is 0 Å². The molecule has 0 radical (unpaired) electrons. The van der Waals surface area contributed by atoms with Crippen molar-refractivity contribution in [2.45, 2.75) is 24.8 Å². The number of benzene rings is 2. The van der Waals surface area contributed by atoms with E-state index in [1.165, 1.54) is 18.3 Å². The second-order valence-electron chi connectivity index (χ2n) is 5.01. The van der Waals surface area contributed by atoms with Gasteiger partial charge in [-0.2, -0.15) is 13.5 Å². The summed E-state index contributed by atoms with van der Waals surface area (Å²) in [5.74, 6) is 0.647. The van der Waals surface area contributed by atoms with Crippen molar-refractivity contribution in [1.82, 2.24) is 4.83 Å². The molecule has 0 aliphatic rings. The van der Waals surface area contributed by atoms with Crippen LogP contribution < -0.4 is 9.57 Å². The predicted octanol–water partition coefficient (Wildman–Crippen LogP) is 3.55. The van der Waals surface area contributed by atoms with Crippen LogP contribution in [0.2, 0.25) is 0 Å². The molecule has 0 unspecified atom stereocenters. The summed E-state index contributed by atoms with van der Waals surface area (Å²) in [4.78, 5) is 2.34. The van der Waals surface area contributed by atoms with Crippen molar-refractivity contribution in [3.8, 4) is 5.75 Å². The monoisotopic (exact) mass is 396 g/mol. The Morgan fingerprint density at radius 3 is 2.43 bits per heavy atom. The first-order valence-corrected chi connectivity index (χ1v) is 9.22. The van der Waals surface area contributed by atoms with Gasteiger partial charge < -0.3 is 4.74 Å². The van der Waals surface area contributed by atoms with Crippen LogP contribution in [0.15, 0.2) is 63.0 Å². The first kappa shape index (κ1) is 17.5. The number of nitrogens with zero attached hydrogens (tertiary/aromatic N) is 1. The highest BCUT2D eigenvalue weighted by atomic mass is 79.9. The van der Waals surface area contributed by atoms with Crippen LogP contribution in [0.5, 0.6) is 5.75 Å². The zero-order valence-corrected chi connectivity index (χ0v) is 15.1. The summed E-state index contributed by atoms with van der Waals surface area (Å²) in [6.45, 7) is 3.84. The summed E-state index contributed by atoms with van der Waals surface area (Å²) in [6.07, 6.45) is 1.44. The van der Waals surface area contributed by atoms with Crippen LogP contribution in [0.4, 0.5) is 0 Å². The van der Waals surface area contributed by atoms with Gasteiger partial charge in [0.2, 0.25) is 0 Å². The molecule has 0 saturated heterocycles. The molecule has 0 amide bonds. The van der Waals surface area contributed by atoms with Gasteiger partial charge in [0.1, 0.15) is 5.75 Å². The van der Waals surface area contributed by atoms with E-state index in [0.717, 1.165) is 4.47 Å². The molecular weight excluding hydrogens is 380 g/mol. The highest BCUT2D eigenvalue weighted by Gasteiger charge is 2.12. The zero-order valence-electron chi connectivity index (χ0n) is 12.7. The van der Waals surface area contributed by atoms with Crippen molar-refractivity contribution >= 4 is 32.2 Å². The molecule has 0 fully saturated rings. The minimum atomic E-state index is -3.69. The normalized spacial score (nSPS) is 11.8. The first-order valence-electron chi connectivity index (χ1n) is 6.94. The van der Waals surface area contributed by atoms with Crippen LogP contribution in [0.3, 0.4) is 0 Å². The van der Waals surface area contributed by atoms with Crippen molar-refractivity contribution in [2.24, 2.45) is 5.10 Å². The second kappa shape index (κ2) is 7.61. The van der Waals surface area contributed by atoms with E-state index in [1.807, 2.05) is 32.0 Å². The van der Waals surface area contributed by atoms with Crippen molar-refractivity contribution in [3.63, 3.8) is 0 Å². The van der Waals surface area contributed by atoms with E-state index in [4.69, 9.17) is 4.74 Å². The summed E-state index contributed by atoms with van der Waals surface area (Å²) >= 11 is 3.26. The first-order chi connectivity index (χ1) is 10.9. The van der Waals surface area contributed by atoms with E-state index >= 15 is 0 Å². The van der Waals surface area contributed by atoms with E-state index in [1.54, 1.807) is 18.2 Å². The van der Waals surface area contributed by atoms with E-state index in [2.05, 4.69) is 25.9 Å². The smallest absolute Gasteiger partial charge is 0.276 e. The molecule has 2 rings (SSSR count). The molecule has 2 aromatic rings. The fourth-order valence-electron chi connectivity index (χ4n) is 1.78. The maximum absolute atomic E-state index is 12.1. The van der Waals surface area contributed by atoms with Crippen LogP contribution in [0.1, 0.15) is 19.4 Å². The molecular formula is C16H17BrN2O3S. The van der Waals surface area contributed by atoms with Crippen LogP contribution in [-0.2, 0) is 10.0 Å². The predicted molar refractivity (Wildman–Crippen MR) is 94.3 cm³/mol. The number of hydrogen-bond donors (Lipinski definition) is 1. The molecule has 122 valence electrons. The van der Waals surface area contributed by atoms with Gasteiger partial charge in [-0.1, -0.05) is 28.1 Å². The molecule has 5 nitrogen and oxygen atoms in total. The molecule has 0 atom stereocenters. The lowest BCUT2D eigenvalue weighted by Crippen LogP contribution is -2.18. The minimum absolute atomic E-state index is 0.0176. The van der Waals surface area contributed by atoms with Crippen molar-refractivity contribution in [1.29, 1.82) is 0 Å².